The number of nitrogens with one attached hydrogen (secondary N) is 1. The second-order valence-corrected chi connectivity index (χ2v) is 6.65. The van der Waals surface area contributed by atoms with Gasteiger partial charge in [-0.2, -0.15) is 11.8 Å². The van der Waals surface area contributed by atoms with E-state index in [1.807, 2.05) is 23.9 Å². The fraction of sp³-hybridized carbons (Fsp3) is 0.600. The van der Waals surface area contributed by atoms with Gasteiger partial charge in [0.1, 0.15) is 5.82 Å². The summed E-state index contributed by atoms with van der Waals surface area (Å²) in [5.74, 6) is 6.45. The minimum atomic E-state index is -0.153. The minimum Gasteiger partial charge on any atom is -0.271 e. The number of rotatable bonds is 5. The van der Waals surface area contributed by atoms with Crippen molar-refractivity contribution in [3.05, 3.63) is 35.1 Å². The molecule has 1 aliphatic rings. The molecule has 2 rings (SSSR count). The molecular weight excluding hydrogens is 259 g/mol. The fourth-order valence-corrected chi connectivity index (χ4v) is 4.01. The Bertz CT molecular complexity index is 405. The van der Waals surface area contributed by atoms with E-state index < -0.39 is 0 Å². The van der Waals surface area contributed by atoms with Gasteiger partial charge in [0.05, 0.1) is 6.04 Å². The van der Waals surface area contributed by atoms with Gasteiger partial charge in [0.25, 0.3) is 0 Å². The molecule has 0 bridgehead atoms. The summed E-state index contributed by atoms with van der Waals surface area (Å²) in [7, 11) is 0. The Morgan fingerprint density at radius 1 is 1.37 bits per heavy atom. The average molecular weight is 282 g/mol. The lowest BCUT2D eigenvalue weighted by Gasteiger charge is -2.24. The highest BCUT2D eigenvalue weighted by Gasteiger charge is 2.17. The Kier molecular flexibility index (Phi) is 5.67. The van der Waals surface area contributed by atoms with Crippen LogP contribution in [-0.2, 0) is 0 Å². The highest BCUT2D eigenvalue weighted by atomic mass is 32.2. The lowest BCUT2D eigenvalue weighted by atomic mass is 10.0. The van der Waals surface area contributed by atoms with Crippen LogP contribution in [0, 0.1) is 12.7 Å². The number of nitrogens with two attached hydrogens (primary N) is 1. The number of halogens is 1. The zero-order chi connectivity index (χ0) is 13.7. The van der Waals surface area contributed by atoms with Gasteiger partial charge in [-0.15, -0.1) is 0 Å². The number of thioether (sulfide) groups is 1. The zero-order valence-electron chi connectivity index (χ0n) is 11.5. The van der Waals surface area contributed by atoms with Crippen LogP contribution in [0.1, 0.15) is 49.3 Å². The van der Waals surface area contributed by atoms with Crippen molar-refractivity contribution in [1.29, 1.82) is 0 Å². The molecule has 0 aliphatic heterocycles. The average Bonchev–Trinajstić information content (AvgIpc) is 2.44. The van der Waals surface area contributed by atoms with E-state index in [1.54, 1.807) is 6.92 Å². The molecule has 1 saturated carbocycles. The Balaban J connectivity index is 1.93. The van der Waals surface area contributed by atoms with Crippen molar-refractivity contribution in [1.82, 2.24) is 5.43 Å². The Morgan fingerprint density at radius 2 is 2.11 bits per heavy atom. The van der Waals surface area contributed by atoms with E-state index in [0.29, 0.717) is 5.56 Å². The van der Waals surface area contributed by atoms with Crippen LogP contribution in [0.25, 0.3) is 0 Å². The van der Waals surface area contributed by atoms with E-state index in [4.69, 9.17) is 5.84 Å². The van der Waals surface area contributed by atoms with Gasteiger partial charge in [0.2, 0.25) is 0 Å². The minimum absolute atomic E-state index is 0.103. The van der Waals surface area contributed by atoms with Gasteiger partial charge < -0.3 is 0 Å². The van der Waals surface area contributed by atoms with Gasteiger partial charge in [0, 0.05) is 11.0 Å². The summed E-state index contributed by atoms with van der Waals surface area (Å²) in [5, 5.41) is 0.770. The summed E-state index contributed by atoms with van der Waals surface area (Å²) in [6.07, 6.45) is 6.74. The Hall–Kier alpha value is -0.580. The maximum Gasteiger partial charge on any atom is 0.126 e. The first-order valence-corrected chi connectivity index (χ1v) is 8.09. The third-order valence-electron chi connectivity index (χ3n) is 3.84. The summed E-state index contributed by atoms with van der Waals surface area (Å²) in [4.78, 5) is 0. The van der Waals surface area contributed by atoms with E-state index in [2.05, 4.69) is 5.43 Å². The third-order valence-corrected chi connectivity index (χ3v) is 5.30. The van der Waals surface area contributed by atoms with Crippen molar-refractivity contribution < 1.29 is 4.39 Å². The van der Waals surface area contributed by atoms with Crippen LogP contribution in [0.2, 0.25) is 0 Å². The molecule has 106 valence electrons. The molecule has 1 unspecified atom stereocenters. The second-order valence-electron chi connectivity index (χ2n) is 5.32. The van der Waals surface area contributed by atoms with E-state index >= 15 is 0 Å². The van der Waals surface area contributed by atoms with Crippen molar-refractivity contribution in [2.24, 2.45) is 5.84 Å². The molecule has 3 N–H and O–H groups in total. The molecule has 4 heteroatoms. The van der Waals surface area contributed by atoms with Gasteiger partial charge in [-0.3, -0.25) is 11.3 Å². The molecular formula is C15H23FN2S. The summed E-state index contributed by atoms with van der Waals surface area (Å²) in [5.41, 5.74) is 4.62. The number of benzene rings is 1. The molecule has 1 atom stereocenters. The maximum atomic E-state index is 13.3. The smallest absolute Gasteiger partial charge is 0.126 e. The van der Waals surface area contributed by atoms with Crippen LogP contribution in [0.3, 0.4) is 0 Å². The molecule has 0 spiro atoms. The predicted molar refractivity (Wildman–Crippen MR) is 80.5 cm³/mol. The maximum absolute atomic E-state index is 13.3. The molecule has 2 nitrogen and oxygen atoms in total. The van der Waals surface area contributed by atoms with Crippen molar-refractivity contribution >= 4 is 11.8 Å². The van der Waals surface area contributed by atoms with Gasteiger partial charge >= 0.3 is 0 Å². The van der Waals surface area contributed by atoms with Gasteiger partial charge in [-0.25, -0.2) is 4.39 Å². The number of hydrazine groups is 1. The SMILES string of the molecule is Cc1cc(C(CSC2CCCCC2)NN)ccc1F. The summed E-state index contributed by atoms with van der Waals surface area (Å²) < 4.78 is 13.3. The zero-order valence-corrected chi connectivity index (χ0v) is 12.3. The molecule has 1 fully saturated rings. The number of hydrogen-bond acceptors (Lipinski definition) is 3. The summed E-state index contributed by atoms with van der Waals surface area (Å²) in [6, 6.07) is 5.35. The summed E-state index contributed by atoms with van der Waals surface area (Å²) in [6.45, 7) is 1.79. The van der Waals surface area contributed by atoms with E-state index in [-0.39, 0.29) is 11.9 Å². The third kappa shape index (κ3) is 4.20. The molecule has 0 aromatic heterocycles. The number of hydrogen-bond donors (Lipinski definition) is 2. The first-order valence-electron chi connectivity index (χ1n) is 7.04. The molecule has 1 aromatic rings. The quantitative estimate of drug-likeness (QED) is 0.639. The molecule has 1 aromatic carbocycles. The molecule has 0 radical (unpaired) electrons. The molecule has 1 aliphatic carbocycles. The first kappa shape index (κ1) is 14.8. The lowest BCUT2D eigenvalue weighted by Crippen LogP contribution is -2.30. The molecule has 19 heavy (non-hydrogen) atoms. The van der Waals surface area contributed by atoms with Crippen LogP contribution in [0.4, 0.5) is 4.39 Å². The lowest BCUT2D eigenvalue weighted by molar-refractivity contribution is 0.514. The van der Waals surface area contributed by atoms with Crippen LogP contribution in [-0.4, -0.2) is 11.0 Å². The summed E-state index contributed by atoms with van der Waals surface area (Å²) >= 11 is 2.00. The van der Waals surface area contributed by atoms with E-state index in [0.717, 1.165) is 16.6 Å². The van der Waals surface area contributed by atoms with Crippen molar-refractivity contribution in [3.8, 4) is 0 Å². The van der Waals surface area contributed by atoms with Crippen molar-refractivity contribution in [2.45, 2.75) is 50.3 Å². The predicted octanol–water partition coefficient (Wildman–Crippen LogP) is 3.70. The van der Waals surface area contributed by atoms with Crippen LogP contribution >= 0.6 is 11.8 Å². The largest absolute Gasteiger partial charge is 0.271 e. The van der Waals surface area contributed by atoms with E-state index in [1.165, 1.54) is 38.2 Å². The molecule has 0 heterocycles. The van der Waals surface area contributed by atoms with Gasteiger partial charge in [-0.05, 0) is 37.0 Å². The van der Waals surface area contributed by atoms with Crippen molar-refractivity contribution in [3.63, 3.8) is 0 Å². The monoisotopic (exact) mass is 282 g/mol. The molecule has 0 saturated heterocycles. The molecule has 0 amide bonds. The van der Waals surface area contributed by atoms with Crippen LogP contribution in [0.5, 0.6) is 0 Å². The topological polar surface area (TPSA) is 38.0 Å². The highest BCUT2D eigenvalue weighted by molar-refractivity contribution is 7.99. The van der Waals surface area contributed by atoms with Gasteiger partial charge in [0.15, 0.2) is 0 Å². The Morgan fingerprint density at radius 3 is 2.74 bits per heavy atom. The van der Waals surface area contributed by atoms with Crippen molar-refractivity contribution in [2.75, 3.05) is 5.75 Å². The van der Waals surface area contributed by atoms with Gasteiger partial charge in [-0.1, -0.05) is 31.4 Å². The highest BCUT2D eigenvalue weighted by Crippen LogP contribution is 2.31. The van der Waals surface area contributed by atoms with Crippen LogP contribution in [0.15, 0.2) is 18.2 Å². The number of aryl methyl sites for hydroxylation is 1. The first-order chi connectivity index (χ1) is 9.20. The second kappa shape index (κ2) is 7.27. The standard InChI is InChI=1S/C15H23FN2S/c1-11-9-12(7-8-14(11)16)15(18-17)10-19-13-5-3-2-4-6-13/h7-9,13,15,18H,2-6,10,17H2,1H3. The Labute approximate surface area is 119 Å². The fourth-order valence-electron chi connectivity index (χ4n) is 2.59. The van der Waals surface area contributed by atoms with Crippen LogP contribution < -0.4 is 11.3 Å². The van der Waals surface area contributed by atoms with E-state index in [9.17, 15) is 4.39 Å². The normalized spacial score (nSPS) is 18.5.